The fraction of sp³-hybridized carbons (Fsp3) is 0.588. The molecule has 21 heavy (non-hydrogen) atoms. The summed E-state index contributed by atoms with van der Waals surface area (Å²) in [6.45, 7) is 5.94. The topological polar surface area (TPSA) is 35.6 Å². The summed E-state index contributed by atoms with van der Waals surface area (Å²) in [4.78, 5) is 15.4. The van der Waals surface area contributed by atoms with Gasteiger partial charge in [0.15, 0.2) is 0 Å². The first-order valence-corrected chi connectivity index (χ1v) is 8.01. The van der Waals surface area contributed by atoms with Crippen molar-refractivity contribution in [3.63, 3.8) is 0 Å². The van der Waals surface area contributed by atoms with Gasteiger partial charge in [-0.25, -0.2) is 0 Å². The summed E-state index contributed by atoms with van der Waals surface area (Å²) < 4.78 is 0. The standard InChI is InChI=1S/C17H25N3O/c21-15-19-10-12-20(13-11-19)17(6-8-18-9-7-17)14-16-4-2-1-3-5-16/h1-5,15,18H,6-14H2. The molecule has 0 radical (unpaired) electrons. The highest BCUT2D eigenvalue weighted by atomic mass is 16.1. The van der Waals surface area contributed by atoms with Crippen LogP contribution >= 0.6 is 0 Å². The molecule has 2 heterocycles. The van der Waals surface area contributed by atoms with E-state index in [2.05, 4.69) is 40.5 Å². The minimum Gasteiger partial charge on any atom is -0.343 e. The molecule has 0 unspecified atom stereocenters. The first-order valence-electron chi connectivity index (χ1n) is 8.01. The van der Waals surface area contributed by atoms with E-state index in [-0.39, 0.29) is 5.54 Å². The van der Waals surface area contributed by atoms with E-state index in [0.717, 1.165) is 52.1 Å². The zero-order valence-electron chi connectivity index (χ0n) is 12.6. The van der Waals surface area contributed by atoms with Gasteiger partial charge < -0.3 is 10.2 Å². The summed E-state index contributed by atoms with van der Waals surface area (Å²) in [6, 6.07) is 10.8. The molecule has 2 aliphatic rings. The number of benzene rings is 1. The van der Waals surface area contributed by atoms with E-state index in [1.54, 1.807) is 0 Å². The molecule has 0 spiro atoms. The van der Waals surface area contributed by atoms with Crippen molar-refractivity contribution in [3.05, 3.63) is 35.9 Å². The van der Waals surface area contributed by atoms with Crippen molar-refractivity contribution in [1.29, 1.82) is 0 Å². The molecule has 114 valence electrons. The molecule has 0 saturated carbocycles. The minimum absolute atomic E-state index is 0.265. The van der Waals surface area contributed by atoms with Crippen LogP contribution in [0.25, 0.3) is 0 Å². The van der Waals surface area contributed by atoms with Crippen molar-refractivity contribution < 1.29 is 4.79 Å². The Kier molecular flexibility index (Phi) is 4.56. The van der Waals surface area contributed by atoms with Crippen LogP contribution in [0.2, 0.25) is 0 Å². The second-order valence-corrected chi connectivity index (χ2v) is 6.27. The Morgan fingerprint density at radius 2 is 1.71 bits per heavy atom. The molecule has 3 rings (SSSR count). The Morgan fingerprint density at radius 3 is 2.33 bits per heavy atom. The normalized spacial score (nSPS) is 23.0. The van der Waals surface area contributed by atoms with E-state index in [1.165, 1.54) is 18.4 Å². The van der Waals surface area contributed by atoms with Crippen molar-refractivity contribution in [2.45, 2.75) is 24.8 Å². The van der Waals surface area contributed by atoms with E-state index in [0.29, 0.717) is 0 Å². The van der Waals surface area contributed by atoms with Gasteiger partial charge in [0.1, 0.15) is 0 Å². The molecule has 2 fully saturated rings. The third kappa shape index (κ3) is 3.27. The molecule has 2 aliphatic heterocycles. The average Bonchev–Trinajstić information content (AvgIpc) is 2.57. The summed E-state index contributed by atoms with van der Waals surface area (Å²) >= 11 is 0. The van der Waals surface area contributed by atoms with Crippen LogP contribution in [0.15, 0.2) is 30.3 Å². The maximum absolute atomic E-state index is 10.9. The van der Waals surface area contributed by atoms with Crippen LogP contribution < -0.4 is 5.32 Å². The van der Waals surface area contributed by atoms with Crippen molar-refractivity contribution in [1.82, 2.24) is 15.1 Å². The molecule has 1 amide bonds. The highest BCUT2D eigenvalue weighted by Gasteiger charge is 2.39. The fourth-order valence-corrected chi connectivity index (χ4v) is 3.77. The zero-order chi connectivity index (χ0) is 14.5. The Morgan fingerprint density at radius 1 is 1.05 bits per heavy atom. The lowest BCUT2D eigenvalue weighted by Crippen LogP contribution is -2.61. The van der Waals surface area contributed by atoms with E-state index in [9.17, 15) is 4.79 Å². The number of nitrogens with zero attached hydrogens (tertiary/aromatic N) is 2. The van der Waals surface area contributed by atoms with Crippen LogP contribution in [0.5, 0.6) is 0 Å². The second-order valence-electron chi connectivity index (χ2n) is 6.27. The smallest absolute Gasteiger partial charge is 0.209 e. The highest BCUT2D eigenvalue weighted by molar-refractivity contribution is 5.47. The number of carbonyl (C=O) groups excluding carboxylic acids is 1. The summed E-state index contributed by atoms with van der Waals surface area (Å²) in [5.74, 6) is 0. The van der Waals surface area contributed by atoms with Crippen LogP contribution in [0, 0.1) is 0 Å². The van der Waals surface area contributed by atoms with E-state index in [4.69, 9.17) is 0 Å². The van der Waals surface area contributed by atoms with Gasteiger partial charge >= 0.3 is 0 Å². The SMILES string of the molecule is O=CN1CCN(C2(Cc3ccccc3)CCNCC2)CC1. The van der Waals surface area contributed by atoms with Crippen LogP contribution in [0.1, 0.15) is 18.4 Å². The zero-order valence-corrected chi connectivity index (χ0v) is 12.6. The third-order valence-electron chi connectivity index (χ3n) is 5.04. The third-order valence-corrected chi connectivity index (χ3v) is 5.04. The van der Waals surface area contributed by atoms with Gasteiger partial charge in [0.05, 0.1) is 0 Å². The highest BCUT2D eigenvalue weighted by Crippen LogP contribution is 2.31. The maximum atomic E-state index is 10.9. The number of hydrogen-bond donors (Lipinski definition) is 1. The quantitative estimate of drug-likeness (QED) is 0.843. The number of amides is 1. The van der Waals surface area contributed by atoms with Gasteiger partial charge in [-0.2, -0.15) is 0 Å². The molecular formula is C17H25N3O. The van der Waals surface area contributed by atoms with Crippen LogP contribution in [-0.4, -0.2) is 61.0 Å². The van der Waals surface area contributed by atoms with Crippen LogP contribution in [0.4, 0.5) is 0 Å². The van der Waals surface area contributed by atoms with Gasteiger partial charge in [-0.05, 0) is 37.9 Å². The van der Waals surface area contributed by atoms with Gasteiger partial charge in [-0.1, -0.05) is 30.3 Å². The molecule has 4 nitrogen and oxygen atoms in total. The van der Waals surface area contributed by atoms with E-state index < -0.39 is 0 Å². The van der Waals surface area contributed by atoms with E-state index >= 15 is 0 Å². The first-order chi connectivity index (χ1) is 10.3. The average molecular weight is 287 g/mol. The number of piperidine rings is 1. The van der Waals surface area contributed by atoms with Crippen LogP contribution in [0.3, 0.4) is 0 Å². The number of carbonyl (C=O) groups is 1. The molecule has 1 N–H and O–H groups in total. The molecule has 0 aliphatic carbocycles. The van der Waals surface area contributed by atoms with Crippen molar-refractivity contribution >= 4 is 6.41 Å². The summed E-state index contributed by atoms with van der Waals surface area (Å²) in [5.41, 5.74) is 1.69. The lowest BCUT2D eigenvalue weighted by atomic mass is 9.80. The Bertz CT molecular complexity index is 448. The van der Waals surface area contributed by atoms with Gasteiger partial charge in [0.2, 0.25) is 6.41 Å². The molecule has 0 bridgehead atoms. The predicted octanol–water partition coefficient (Wildman–Crippen LogP) is 1.13. The Balaban J connectivity index is 1.75. The predicted molar refractivity (Wildman–Crippen MR) is 84.2 cm³/mol. The first kappa shape index (κ1) is 14.5. The number of nitrogens with one attached hydrogen (secondary N) is 1. The number of piperazine rings is 1. The van der Waals surface area contributed by atoms with Crippen molar-refractivity contribution in [3.8, 4) is 0 Å². The molecule has 2 saturated heterocycles. The lowest BCUT2D eigenvalue weighted by Gasteiger charge is -2.49. The largest absolute Gasteiger partial charge is 0.343 e. The summed E-state index contributed by atoms with van der Waals surface area (Å²) in [6.07, 6.45) is 4.51. The maximum Gasteiger partial charge on any atom is 0.209 e. The molecule has 0 atom stereocenters. The molecule has 1 aromatic rings. The lowest BCUT2D eigenvalue weighted by molar-refractivity contribution is -0.121. The number of rotatable bonds is 4. The summed E-state index contributed by atoms with van der Waals surface area (Å²) in [7, 11) is 0. The van der Waals surface area contributed by atoms with Gasteiger partial charge in [0.25, 0.3) is 0 Å². The monoisotopic (exact) mass is 287 g/mol. The van der Waals surface area contributed by atoms with Gasteiger partial charge in [-0.3, -0.25) is 9.69 Å². The molecule has 0 aromatic heterocycles. The Labute approximate surface area is 127 Å². The second kappa shape index (κ2) is 6.58. The fourth-order valence-electron chi connectivity index (χ4n) is 3.77. The van der Waals surface area contributed by atoms with Crippen LogP contribution in [-0.2, 0) is 11.2 Å². The summed E-state index contributed by atoms with van der Waals surface area (Å²) in [5, 5.41) is 3.49. The van der Waals surface area contributed by atoms with Crippen molar-refractivity contribution in [2.75, 3.05) is 39.3 Å². The minimum atomic E-state index is 0.265. The molecule has 1 aromatic carbocycles. The van der Waals surface area contributed by atoms with E-state index in [1.807, 2.05) is 4.90 Å². The Hall–Kier alpha value is -1.39. The molecular weight excluding hydrogens is 262 g/mol. The van der Waals surface area contributed by atoms with Crippen molar-refractivity contribution in [2.24, 2.45) is 0 Å². The molecule has 4 heteroatoms. The van der Waals surface area contributed by atoms with Gasteiger partial charge in [-0.15, -0.1) is 0 Å². The van der Waals surface area contributed by atoms with Gasteiger partial charge in [0, 0.05) is 31.7 Å². The number of hydrogen-bond acceptors (Lipinski definition) is 3.